The lowest BCUT2D eigenvalue weighted by atomic mass is 9.94. The second-order valence-electron chi connectivity index (χ2n) is 6.41. The fourth-order valence-corrected chi connectivity index (χ4v) is 3.91. The van der Waals surface area contributed by atoms with Crippen LogP contribution < -0.4 is 5.32 Å². The molecule has 5 heteroatoms. The van der Waals surface area contributed by atoms with E-state index >= 15 is 0 Å². The Hall–Kier alpha value is -2.56. The van der Waals surface area contributed by atoms with Crippen LogP contribution >= 0.6 is 11.6 Å². The van der Waals surface area contributed by atoms with E-state index in [1.54, 1.807) is 6.20 Å². The number of halogens is 1. The molecule has 124 valence electrons. The van der Waals surface area contributed by atoms with E-state index in [1.807, 2.05) is 23.2 Å². The summed E-state index contributed by atoms with van der Waals surface area (Å²) in [5.41, 5.74) is 6.14. The summed E-state index contributed by atoms with van der Waals surface area (Å²) in [5, 5.41) is 5.66. The van der Waals surface area contributed by atoms with Gasteiger partial charge in [0.25, 0.3) is 0 Å². The molecule has 1 unspecified atom stereocenters. The molecule has 25 heavy (non-hydrogen) atoms. The number of aromatic nitrogens is 3. The molecule has 1 atom stereocenters. The molecule has 3 heterocycles. The van der Waals surface area contributed by atoms with Gasteiger partial charge in [-0.3, -0.25) is 0 Å². The minimum absolute atomic E-state index is 0.173. The summed E-state index contributed by atoms with van der Waals surface area (Å²) in [7, 11) is 0. The van der Waals surface area contributed by atoms with Crippen LogP contribution in [0.15, 0.2) is 61.2 Å². The number of hydrogen-bond acceptors (Lipinski definition) is 2. The Labute approximate surface area is 150 Å². The maximum absolute atomic E-state index is 6.20. The van der Waals surface area contributed by atoms with E-state index in [-0.39, 0.29) is 6.04 Å². The minimum Gasteiger partial charge on any atom is -0.357 e. The summed E-state index contributed by atoms with van der Waals surface area (Å²) in [6.45, 7) is 0.959. The predicted molar refractivity (Wildman–Crippen MR) is 100 cm³/mol. The van der Waals surface area contributed by atoms with Crippen LogP contribution in [0.25, 0.3) is 16.6 Å². The highest BCUT2D eigenvalue weighted by Crippen LogP contribution is 2.34. The van der Waals surface area contributed by atoms with Gasteiger partial charge in [0, 0.05) is 46.2 Å². The van der Waals surface area contributed by atoms with Gasteiger partial charge in [0.15, 0.2) is 0 Å². The molecule has 0 spiro atoms. The number of aromatic amines is 1. The first-order valence-corrected chi connectivity index (χ1v) is 8.79. The molecule has 0 aliphatic carbocycles. The Bertz CT molecular complexity index is 1030. The Kier molecular flexibility index (Phi) is 3.40. The first kappa shape index (κ1) is 14.8. The van der Waals surface area contributed by atoms with Gasteiger partial charge in [-0.15, -0.1) is 0 Å². The monoisotopic (exact) mass is 348 g/mol. The molecule has 1 aliphatic rings. The van der Waals surface area contributed by atoms with Crippen molar-refractivity contribution in [3.8, 4) is 5.69 Å². The van der Waals surface area contributed by atoms with Crippen molar-refractivity contribution in [2.75, 3.05) is 6.54 Å². The summed E-state index contributed by atoms with van der Waals surface area (Å²) in [4.78, 5) is 7.70. The van der Waals surface area contributed by atoms with Gasteiger partial charge in [0.1, 0.15) is 0 Å². The number of H-pyrrole nitrogens is 1. The molecule has 0 saturated heterocycles. The average Bonchev–Trinajstić information content (AvgIpc) is 3.29. The smallest absolute Gasteiger partial charge is 0.0991 e. The van der Waals surface area contributed by atoms with Gasteiger partial charge in [-0.1, -0.05) is 23.7 Å². The molecule has 0 amide bonds. The van der Waals surface area contributed by atoms with Crippen molar-refractivity contribution in [3.05, 3.63) is 83.0 Å². The highest BCUT2D eigenvalue weighted by Gasteiger charge is 2.25. The van der Waals surface area contributed by atoms with Crippen LogP contribution in [-0.4, -0.2) is 21.1 Å². The van der Waals surface area contributed by atoms with Crippen molar-refractivity contribution in [3.63, 3.8) is 0 Å². The zero-order valence-corrected chi connectivity index (χ0v) is 14.3. The maximum atomic E-state index is 6.20. The molecule has 0 saturated carbocycles. The molecule has 0 fully saturated rings. The summed E-state index contributed by atoms with van der Waals surface area (Å²) < 4.78 is 2.01. The third-order valence-corrected chi connectivity index (χ3v) is 5.18. The van der Waals surface area contributed by atoms with Crippen LogP contribution in [0.2, 0.25) is 5.02 Å². The number of fused-ring (bicyclic) bond motifs is 3. The number of imidazole rings is 1. The molecule has 2 aromatic carbocycles. The van der Waals surface area contributed by atoms with Gasteiger partial charge in [-0.2, -0.15) is 0 Å². The number of benzene rings is 2. The number of nitrogens with one attached hydrogen (secondary N) is 2. The molecule has 0 bridgehead atoms. The van der Waals surface area contributed by atoms with Crippen molar-refractivity contribution in [2.24, 2.45) is 0 Å². The van der Waals surface area contributed by atoms with Gasteiger partial charge in [-0.25, -0.2) is 4.98 Å². The first-order chi connectivity index (χ1) is 12.3. The highest BCUT2D eigenvalue weighted by atomic mass is 35.5. The van der Waals surface area contributed by atoms with Gasteiger partial charge in [0.05, 0.1) is 12.4 Å². The molecule has 4 nitrogen and oxygen atoms in total. The number of nitrogens with zero attached hydrogens (tertiary/aromatic N) is 2. The standard InChI is InChI=1S/C20H17ClN4/c21-14-3-6-18-17(11-14)16-7-8-23-19(20(16)24-18)13-1-4-15(5-2-13)25-10-9-22-12-25/h1-6,9-12,19,23-24H,7-8H2. The first-order valence-electron chi connectivity index (χ1n) is 8.41. The Morgan fingerprint density at radius 3 is 2.80 bits per heavy atom. The topological polar surface area (TPSA) is 45.6 Å². The van der Waals surface area contributed by atoms with Crippen LogP contribution in [0.3, 0.4) is 0 Å². The largest absolute Gasteiger partial charge is 0.357 e. The fourth-order valence-electron chi connectivity index (χ4n) is 3.74. The van der Waals surface area contributed by atoms with E-state index in [9.17, 15) is 0 Å². The van der Waals surface area contributed by atoms with Gasteiger partial charge in [0.2, 0.25) is 0 Å². The van der Waals surface area contributed by atoms with Gasteiger partial charge in [-0.05, 0) is 47.9 Å². The molecular weight excluding hydrogens is 332 g/mol. The fraction of sp³-hybridized carbons (Fsp3) is 0.150. The van der Waals surface area contributed by atoms with Crippen LogP contribution in [0.1, 0.15) is 22.9 Å². The second kappa shape index (κ2) is 5.76. The van der Waals surface area contributed by atoms with Crippen molar-refractivity contribution in [2.45, 2.75) is 12.5 Å². The van der Waals surface area contributed by atoms with Crippen LogP contribution in [0.4, 0.5) is 0 Å². The lowest BCUT2D eigenvalue weighted by molar-refractivity contribution is 0.560. The van der Waals surface area contributed by atoms with Crippen LogP contribution in [0.5, 0.6) is 0 Å². The summed E-state index contributed by atoms with van der Waals surface area (Å²) in [6, 6.07) is 14.9. The van der Waals surface area contributed by atoms with Crippen LogP contribution in [0, 0.1) is 0 Å². The Morgan fingerprint density at radius 2 is 2.00 bits per heavy atom. The van der Waals surface area contributed by atoms with Gasteiger partial charge < -0.3 is 14.9 Å². The quantitative estimate of drug-likeness (QED) is 0.569. The number of rotatable bonds is 2. The van der Waals surface area contributed by atoms with Crippen LogP contribution in [-0.2, 0) is 6.42 Å². The summed E-state index contributed by atoms with van der Waals surface area (Å²) >= 11 is 6.20. The third kappa shape index (κ3) is 2.46. The maximum Gasteiger partial charge on any atom is 0.0991 e. The average molecular weight is 349 g/mol. The molecule has 2 aromatic heterocycles. The van der Waals surface area contributed by atoms with E-state index in [0.29, 0.717) is 0 Å². The lowest BCUT2D eigenvalue weighted by Gasteiger charge is -2.25. The number of hydrogen-bond donors (Lipinski definition) is 2. The highest BCUT2D eigenvalue weighted by molar-refractivity contribution is 6.31. The third-order valence-electron chi connectivity index (χ3n) is 4.94. The van der Waals surface area contributed by atoms with Crippen molar-refractivity contribution in [1.82, 2.24) is 19.9 Å². The summed E-state index contributed by atoms with van der Waals surface area (Å²) in [5.74, 6) is 0. The molecule has 4 aromatic rings. The molecular formula is C20H17ClN4. The van der Waals surface area contributed by atoms with E-state index < -0.39 is 0 Å². The lowest BCUT2D eigenvalue weighted by Crippen LogP contribution is -2.30. The van der Waals surface area contributed by atoms with Gasteiger partial charge >= 0.3 is 0 Å². The van der Waals surface area contributed by atoms with E-state index in [2.05, 4.69) is 51.7 Å². The SMILES string of the molecule is Clc1ccc2[nH]c3c(c2c1)CCNC3c1ccc(-n2ccnc2)cc1. The van der Waals surface area contributed by atoms with E-state index in [0.717, 1.165) is 29.2 Å². The van der Waals surface area contributed by atoms with E-state index in [4.69, 9.17) is 11.6 Å². The van der Waals surface area contributed by atoms with Crippen molar-refractivity contribution < 1.29 is 0 Å². The Morgan fingerprint density at radius 1 is 1.12 bits per heavy atom. The summed E-state index contributed by atoms with van der Waals surface area (Å²) in [6.07, 6.45) is 6.57. The second-order valence-corrected chi connectivity index (χ2v) is 6.84. The zero-order valence-electron chi connectivity index (χ0n) is 13.5. The van der Waals surface area contributed by atoms with Crippen molar-refractivity contribution in [1.29, 1.82) is 0 Å². The zero-order chi connectivity index (χ0) is 16.8. The minimum atomic E-state index is 0.173. The molecule has 1 aliphatic heterocycles. The normalized spacial score (nSPS) is 16.9. The molecule has 5 rings (SSSR count). The van der Waals surface area contributed by atoms with Crippen molar-refractivity contribution >= 4 is 22.5 Å². The molecule has 0 radical (unpaired) electrons. The predicted octanol–water partition coefficient (Wildman–Crippen LogP) is 4.24. The Balaban J connectivity index is 1.57. The van der Waals surface area contributed by atoms with E-state index in [1.165, 1.54) is 22.2 Å². The molecule has 2 N–H and O–H groups in total.